The molecule has 17 heavy (non-hydrogen) atoms. The highest BCUT2D eigenvalue weighted by Crippen LogP contribution is 2.23. The Morgan fingerprint density at radius 2 is 2.00 bits per heavy atom. The number of halogens is 2. The van der Waals surface area contributed by atoms with Crippen LogP contribution in [0.25, 0.3) is 0 Å². The summed E-state index contributed by atoms with van der Waals surface area (Å²) in [6.45, 7) is 1.54. The zero-order valence-corrected chi connectivity index (χ0v) is 11.2. The van der Waals surface area contributed by atoms with Gasteiger partial charge in [-0.3, -0.25) is 0 Å². The molecule has 0 aliphatic heterocycles. The van der Waals surface area contributed by atoms with Crippen molar-refractivity contribution in [2.45, 2.75) is 19.8 Å². The van der Waals surface area contributed by atoms with E-state index in [-0.39, 0.29) is 5.78 Å². The summed E-state index contributed by atoms with van der Waals surface area (Å²) in [7, 11) is 1.46. The number of oxime groups is 1. The number of nitrogens with zero attached hydrogens (tertiary/aromatic N) is 1. The SMILES string of the molecule is CON=C(CCC(C)=O)c1ccc(Cl)c(Cl)c1. The molecule has 0 aliphatic carbocycles. The highest BCUT2D eigenvalue weighted by atomic mass is 35.5. The van der Waals surface area contributed by atoms with Crippen LogP contribution < -0.4 is 0 Å². The predicted molar refractivity (Wildman–Crippen MR) is 69.9 cm³/mol. The van der Waals surface area contributed by atoms with Crippen molar-refractivity contribution in [3.8, 4) is 0 Å². The fraction of sp³-hybridized carbons (Fsp3) is 0.333. The van der Waals surface area contributed by atoms with Gasteiger partial charge in [-0.1, -0.05) is 34.4 Å². The van der Waals surface area contributed by atoms with E-state index in [1.54, 1.807) is 25.1 Å². The molecule has 5 heteroatoms. The van der Waals surface area contributed by atoms with Crippen LogP contribution in [0.1, 0.15) is 25.3 Å². The summed E-state index contributed by atoms with van der Waals surface area (Å²) < 4.78 is 0. The van der Waals surface area contributed by atoms with Gasteiger partial charge in [0, 0.05) is 18.4 Å². The summed E-state index contributed by atoms with van der Waals surface area (Å²) in [6, 6.07) is 5.20. The fourth-order valence-electron chi connectivity index (χ4n) is 1.32. The Kier molecular flexibility index (Phi) is 5.45. The number of rotatable bonds is 5. The molecular weight excluding hydrogens is 261 g/mol. The molecule has 0 saturated heterocycles. The van der Waals surface area contributed by atoms with Crippen LogP contribution >= 0.6 is 23.2 Å². The largest absolute Gasteiger partial charge is 0.399 e. The molecule has 0 N–H and O–H groups in total. The third kappa shape index (κ3) is 4.36. The lowest BCUT2D eigenvalue weighted by Crippen LogP contribution is -2.04. The van der Waals surface area contributed by atoms with Gasteiger partial charge < -0.3 is 9.63 Å². The highest BCUT2D eigenvalue weighted by molar-refractivity contribution is 6.42. The molecular formula is C12H13Cl2NO2. The van der Waals surface area contributed by atoms with Crippen molar-refractivity contribution in [1.82, 2.24) is 0 Å². The maximum Gasteiger partial charge on any atom is 0.130 e. The Bertz CT molecular complexity index is 444. The van der Waals surface area contributed by atoms with Crippen molar-refractivity contribution in [3.63, 3.8) is 0 Å². The van der Waals surface area contributed by atoms with Gasteiger partial charge in [0.15, 0.2) is 0 Å². The Balaban J connectivity index is 2.93. The number of ketones is 1. The molecule has 92 valence electrons. The second kappa shape index (κ2) is 6.62. The lowest BCUT2D eigenvalue weighted by molar-refractivity contribution is -0.116. The number of Topliss-reactive ketones (excluding diaryl/α,β-unsaturated/α-hetero) is 1. The average Bonchev–Trinajstić information content (AvgIpc) is 2.28. The number of carbonyl (C=O) groups excluding carboxylic acids is 1. The van der Waals surface area contributed by atoms with E-state index in [0.717, 1.165) is 5.56 Å². The molecule has 0 fully saturated rings. The van der Waals surface area contributed by atoms with Gasteiger partial charge in [-0.2, -0.15) is 0 Å². The van der Waals surface area contributed by atoms with Crippen molar-refractivity contribution < 1.29 is 9.63 Å². The van der Waals surface area contributed by atoms with Gasteiger partial charge in [-0.05, 0) is 19.1 Å². The summed E-state index contributed by atoms with van der Waals surface area (Å²) in [5, 5.41) is 4.84. The predicted octanol–water partition coefficient (Wildman–Crippen LogP) is 3.71. The first-order chi connectivity index (χ1) is 8.04. The molecule has 0 unspecified atom stereocenters. The Morgan fingerprint density at radius 3 is 2.53 bits per heavy atom. The number of hydrogen-bond donors (Lipinski definition) is 0. The minimum Gasteiger partial charge on any atom is -0.399 e. The zero-order valence-electron chi connectivity index (χ0n) is 9.67. The normalized spacial score (nSPS) is 11.4. The van der Waals surface area contributed by atoms with Crippen molar-refractivity contribution in [3.05, 3.63) is 33.8 Å². The van der Waals surface area contributed by atoms with Crippen molar-refractivity contribution in [2.75, 3.05) is 7.11 Å². The molecule has 1 aromatic carbocycles. The van der Waals surface area contributed by atoms with E-state index < -0.39 is 0 Å². The van der Waals surface area contributed by atoms with E-state index in [1.165, 1.54) is 7.11 Å². The summed E-state index contributed by atoms with van der Waals surface area (Å²) in [5.41, 5.74) is 1.49. The Labute approximate surface area is 110 Å². The van der Waals surface area contributed by atoms with E-state index in [1.807, 2.05) is 0 Å². The molecule has 0 aliphatic rings. The van der Waals surface area contributed by atoms with Crippen LogP contribution in [0.2, 0.25) is 10.0 Å². The first-order valence-electron chi connectivity index (χ1n) is 5.09. The number of benzene rings is 1. The van der Waals surface area contributed by atoms with E-state index in [2.05, 4.69) is 5.16 Å². The maximum atomic E-state index is 11.0. The van der Waals surface area contributed by atoms with E-state index in [4.69, 9.17) is 28.0 Å². The third-order valence-electron chi connectivity index (χ3n) is 2.17. The first-order valence-corrected chi connectivity index (χ1v) is 5.85. The van der Waals surface area contributed by atoms with Crippen LogP contribution in [0.15, 0.2) is 23.4 Å². The molecule has 1 aromatic rings. The zero-order chi connectivity index (χ0) is 12.8. The summed E-state index contributed by atoms with van der Waals surface area (Å²) in [5.74, 6) is 0.105. The highest BCUT2D eigenvalue weighted by Gasteiger charge is 2.08. The smallest absolute Gasteiger partial charge is 0.130 e. The van der Waals surface area contributed by atoms with Gasteiger partial charge in [-0.15, -0.1) is 0 Å². The van der Waals surface area contributed by atoms with Gasteiger partial charge in [0.05, 0.1) is 15.8 Å². The molecule has 0 saturated carbocycles. The molecule has 0 spiro atoms. The fourth-order valence-corrected chi connectivity index (χ4v) is 1.62. The molecule has 0 radical (unpaired) electrons. The average molecular weight is 274 g/mol. The first kappa shape index (κ1) is 14.0. The summed E-state index contributed by atoms with van der Waals surface area (Å²) in [6.07, 6.45) is 0.934. The molecule has 1 rings (SSSR count). The monoisotopic (exact) mass is 273 g/mol. The number of hydrogen-bond acceptors (Lipinski definition) is 3. The summed E-state index contributed by atoms with van der Waals surface area (Å²) in [4.78, 5) is 15.7. The molecule has 0 amide bonds. The van der Waals surface area contributed by atoms with Crippen molar-refractivity contribution >= 4 is 34.7 Å². The maximum absolute atomic E-state index is 11.0. The second-order valence-corrected chi connectivity index (χ2v) is 4.37. The van der Waals surface area contributed by atoms with Crippen LogP contribution in [-0.4, -0.2) is 18.6 Å². The lowest BCUT2D eigenvalue weighted by Gasteiger charge is -2.06. The van der Waals surface area contributed by atoms with Crippen molar-refractivity contribution in [1.29, 1.82) is 0 Å². The topological polar surface area (TPSA) is 38.7 Å². The summed E-state index contributed by atoms with van der Waals surface area (Å²) >= 11 is 11.8. The van der Waals surface area contributed by atoms with E-state index in [0.29, 0.717) is 28.6 Å². The van der Waals surface area contributed by atoms with Gasteiger partial charge in [0.25, 0.3) is 0 Å². The molecule has 0 atom stereocenters. The molecule has 0 heterocycles. The second-order valence-electron chi connectivity index (χ2n) is 3.55. The minimum atomic E-state index is 0.105. The van der Waals surface area contributed by atoms with Crippen LogP contribution in [0.4, 0.5) is 0 Å². The van der Waals surface area contributed by atoms with Gasteiger partial charge >= 0.3 is 0 Å². The molecule has 0 aromatic heterocycles. The van der Waals surface area contributed by atoms with E-state index in [9.17, 15) is 4.79 Å². The van der Waals surface area contributed by atoms with E-state index >= 15 is 0 Å². The van der Waals surface area contributed by atoms with Crippen LogP contribution in [0, 0.1) is 0 Å². The standard InChI is InChI=1S/C12H13Cl2NO2/c1-8(16)3-6-12(15-17-2)9-4-5-10(13)11(14)7-9/h4-5,7H,3,6H2,1-2H3. The minimum absolute atomic E-state index is 0.105. The van der Waals surface area contributed by atoms with Crippen molar-refractivity contribution in [2.24, 2.45) is 5.16 Å². The number of carbonyl (C=O) groups is 1. The molecule has 0 bridgehead atoms. The van der Waals surface area contributed by atoms with Gasteiger partial charge in [-0.25, -0.2) is 0 Å². The van der Waals surface area contributed by atoms with Crippen LogP contribution in [0.3, 0.4) is 0 Å². The quantitative estimate of drug-likeness (QED) is 0.606. The Morgan fingerprint density at radius 1 is 1.29 bits per heavy atom. The van der Waals surface area contributed by atoms with Crippen LogP contribution in [-0.2, 0) is 9.63 Å². The van der Waals surface area contributed by atoms with Gasteiger partial charge in [0.1, 0.15) is 12.9 Å². The Hall–Kier alpha value is -1.06. The lowest BCUT2D eigenvalue weighted by atomic mass is 10.0. The van der Waals surface area contributed by atoms with Gasteiger partial charge in [0.2, 0.25) is 0 Å². The molecule has 3 nitrogen and oxygen atoms in total. The van der Waals surface area contributed by atoms with Crippen LogP contribution in [0.5, 0.6) is 0 Å². The third-order valence-corrected chi connectivity index (χ3v) is 2.91.